The van der Waals surface area contributed by atoms with E-state index in [1.807, 2.05) is 0 Å². The van der Waals surface area contributed by atoms with Gasteiger partial charge in [-0.05, 0) is 54.8 Å². The van der Waals surface area contributed by atoms with Crippen LogP contribution in [-0.4, -0.2) is 0 Å². The van der Waals surface area contributed by atoms with E-state index in [4.69, 9.17) is 0 Å². The highest BCUT2D eigenvalue weighted by molar-refractivity contribution is 4.94. The molecule has 2 fully saturated rings. The van der Waals surface area contributed by atoms with Gasteiger partial charge in [-0.3, -0.25) is 0 Å². The topological polar surface area (TPSA) is 0 Å². The molecule has 0 aromatic rings. The van der Waals surface area contributed by atoms with Crippen molar-refractivity contribution in [3.05, 3.63) is 0 Å². The van der Waals surface area contributed by atoms with Crippen LogP contribution in [0, 0.1) is 29.1 Å². The monoisotopic (exact) mass is 180 g/mol. The van der Waals surface area contributed by atoms with Gasteiger partial charge < -0.3 is 0 Å². The summed E-state index contributed by atoms with van der Waals surface area (Å²) in [4.78, 5) is 0. The molecule has 0 nitrogen and oxygen atoms in total. The van der Waals surface area contributed by atoms with Crippen LogP contribution in [0.5, 0.6) is 0 Å². The smallest absolute Gasteiger partial charge is 0.0351 e. The second-order valence-electron chi connectivity index (χ2n) is 6.42. The van der Waals surface area contributed by atoms with E-state index in [2.05, 4.69) is 27.7 Å². The van der Waals surface area contributed by atoms with E-state index in [0.29, 0.717) is 5.41 Å². The summed E-state index contributed by atoms with van der Waals surface area (Å²) >= 11 is 0. The van der Waals surface area contributed by atoms with Gasteiger partial charge in [0, 0.05) is 0 Å². The van der Waals surface area contributed by atoms with Gasteiger partial charge in [0.1, 0.15) is 0 Å². The summed E-state index contributed by atoms with van der Waals surface area (Å²) in [7, 11) is 0. The Morgan fingerprint density at radius 1 is 1.00 bits per heavy atom. The molecule has 0 aliphatic heterocycles. The normalized spacial score (nSPS) is 48.9. The molecule has 0 amide bonds. The van der Waals surface area contributed by atoms with Crippen LogP contribution in [-0.2, 0) is 0 Å². The van der Waals surface area contributed by atoms with Crippen molar-refractivity contribution in [1.82, 2.24) is 0 Å². The van der Waals surface area contributed by atoms with Crippen molar-refractivity contribution >= 4 is 0 Å². The molecule has 2 saturated carbocycles. The van der Waals surface area contributed by atoms with Crippen molar-refractivity contribution < 1.29 is 0 Å². The standard InChI is InChI=1S/C13H24/c1-9-7-10(2)12-8-13(3,4)6-5-11(9)12/h9-12H,5-8H2,1-4H3. The van der Waals surface area contributed by atoms with Gasteiger partial charge >= 0.3 is 0 Å². The maximum absolute atomic E-state index is 2.47. The van der Waals surface area contributed by atoms with Crippen LogP contribution in [0.2, 0.25) is 0 Å². The van der Waals surface area contributed by atoms with Crippen molar-refractivity contribution in [2.45, 2.75) is 53.4 Å². The van der Waals surface area contributed by atoms with Gasteiger partial charge in [0.2, 0.25) is 0 Å². The molecule has 0 aromatic heterocycles. The fourth-order valence-corrected chi connectivity index (χ4v) is 3.93. The first-order chi connectivity index (χ1) is 5.99. The highest BCUT2D eigenvalue weighted by Gasteiger charge is 2.44. The lowest BCUT2D eigenvalue weighted by Gasteiger charge is -2.40. The molecule has 4 unspecified atom stereocenters. The van der Waals surface area contributed by atoms with Gasteiger partial charge in [0.05, 0.1) is 0 Å². The lowest BCUT2D eigenvalue weighted by atomic mass is 9.66. The molecule has 0 bridgehead atoms. The highest BCUT2D eigenvalue weighted by Crippen LogP contribution is 2.53. The second-order valence-corrected chi connectivity index (χ2v) is 6.42. The van der Waals surface area contributed by atoms with E-state index in [1.165, 1.54) is 25.7 Å². The van der Waals surface area contributed by atoms with Gasteiger partial charge in [-0.2, -0.15) is 0 Å². The molecule has 0 aromatic carbocycles. The molecule has 0 heterocycles. The Balaban J connectivity index is 2.11. The SMILES string of the molecule is CC1CC(C)C2CC(C)(C)CCC12. The molecule has 0 spiro atoms. The molecule has 4 atom stereocenters. The minimum atomic E-state index is 0.638. The van der Waals surface area contributed by atoms with Crippen molar-refractivity contribution in [3.63, 3.8) is 0 Å². The van der Waals surface area contributed by atoms with E-state index in [-0.39, 0.29) is 0 Å². The zero-order chi connectivity index (χ0) is 9.64. The first-order valence-corrected chi connectivity index (χ1v) is 5.99. The van der Waals surface area contributed by atoms with Crippen molar-refractivity contribution in [1.29, 1.82) is 0 Å². The van der Waals surface area contributed by atoms with Gasteiger partial charge in [-0.15, -0.1) is 0 Å². The quantitative estimate of drug-likeness (QED) is 0.526. The molecule has 2 aliphatic rings. The van der Waals surface area contributed by atoms with Crippen molar-refractivity contribution in [2.75, 3.05) is 0 Å². The first-order valence-electron chi connectivity index (χ1n) is 5.99. The Morgan fingerprint density at radius 3 is 2.31 bits per heavy atom. The summed E-state index contributed by atoms with van der Waals surface area (Å²) in [6, 6.07) is 0. The van der Waals surface area contributed by atoms with E-state index in [9.17, 15) is 0 Å². The summed E-state index contributed by atoms with van der Waals surface area (Å²) in [6.07, 6.45) is 5.95. The Kier molecular flexibility index (Phi) is 2.20. The fourth-order valence-electron chi connectivity index (χ4n) is 3.93. The maximum Gasteiger partial charge on any atom is -0.0351 e. The lowest BCUT2D eigenvalue weighted by molar-refractivity contribution is 0.106. The maximum atomic E-state index is 2.47. The summed E-state index contributed by atoms with van der Waals surface area (Å²) < 4.78 is 0. The number of rotatable bonds is 0. The van der Waals surface area contributed by atoms with Crippen LogP contribution in [0.4, 0.5) is 0 Å². The molecule has 0 heteroatoms. The summed E-state index contributed by atoms with van der Waals surface area (Å²) in [6.45, 7) is 9.86. The molecule has 2 aliphatic carbocycles. The lowest BCUT2D eigenvalue weighted by Crippen LogP contribution is -2.30. The third kappa shape index (κ3) is 1.65. The third-order valence-corrected chi connectivity index (χ3v) is 4.70. The van der Waals surface area contributed by atoms with Gasteiger partial charge in [0.25, 0.3) is 0 Å². The molecule has 0 N–H and O–H groups in total. The van der Waals surface area contributed by atoms with E-state index in [1.54, 1.807) is 0 Å². The van der Waals surface area contributed by atoms with E-state index < -0.39 is 0 Å². The average Bonchev–Trinajstić information content (AvgIpc) is 2.26. The summed E-state index contributed by atoms with van der Waals surface area (Å²) in [5.41, 5.74) is 0.638. The van der Waals surface area contributed by atoms with Crippen molar-refractivity contribution in [2.24, 2.45) is 29.1 Å². The molecule has 13 heavy (non-hydrogen) atoms. The Bertz CT molecular complexity index is 192. The van der Waals surface area contributed by atoms with Crippen LogP contribution in [0.3, 0.4) is 0 Å². The summed E-state index contributed by atoms with van der Waals surface area (Å²) in [5.74, 6) is 4.14. The predicted molar refractivity (Wildman–Crippen MR) is 57.6 cm³/mol. The average molecular weight is 180 g/mol. The Morgan fingerprint density at radius 2 is 1.62 bits per heavy atom. The van der Waals surface area contributed by atoms with Crippen LogP contribution in [0.15, 0.2) is 0 Å². The van der Waals surface area contributed by atoms with Crippen LogP contribution in [0.25, 0.3) is 0 Å². The molecule has 0 saturated heterocycles. The Hall–Kier alpha value is 0. The van der Waals surface area contributed by atoms with Gasteiger partial charge in [-0.1, -0.05) is 27.7 Å². The molecular weight excluding hydrogens is 156 g/mol. The fraction of sp³-hybridized carbons (Fsp3) is 1.00. The van der Waals surface area contributed by atoms with Crippen molar-refractivity contribution in [3.8, 4) is 0 Å². The number of fused-ring (bicyclic) bond motifs is 1. The Labute approximate surface area is 83.1 Å². The van der Waals surface area contributed by atoms with E-state index >= 15 is 0 Å². The largest absolute Gasteiger partial charge is 0.0622 e. The predicted octanol–water partition coefficient (Wildman–Crippen LogP) is 4.10. The minimum Gasteiger partial charge on any atom is -0.0622 e. The first kappa shape index (κ1) is 9.55. The summed E-state index contributed by atoms with van der Waals surface area (Å²) in [5, 5.41) is 0. The molecule has 0 radical (unpaired) electrons. The second kappa shape index (κ2) is 3.00. The van der Waals surface area contributed by atoms with Gasteiger partial charge in [0.15, 0.2) is 0 Å². The molecular formula is C13H24. The van der Waals surface area contributed by atoms with Crippen LogP contribution in [0.1, 0.15) is 53.4 Å². The number of hydrogen-bond acceptors (Lipinski definition) is 0. The van der Waals surface area contributed by atoms with Gasteiger partial charge in [-0.25, -0.2) is 0 Å². The van der Waals surface area contributed by atoms with Crippen LogP contribution < -0.4 is 0 Å². The molecule has 76 valence electrons. The number of hydrogen-bond donors (Lipinski definition) is 0. The molecule has 2 rings (SSSR count). The highest BCUT2D eigenvalue weighted by atomic mass is 14.5. The minimum absolute atomic E-state index is 0.638. The zero-order valence-electron chi connectivity index (χ0n) is 9.64. The van der Waals surface area contributed by atoms with E-state index in [0.717, 1.165) is 23.7 Å². The zero-order valence-corrected chi connectivity index (χ0v) is 9.64. The van der Waals surface area contributed by atoms with Crippen LogP contribution >= 0.6 is 0 Å². The third-order valence-electron chi connectivity index (χ3n) is 4.70.